The molecule has 0 amide bonds. The molecule has 0 saturated carbocycles. The number of benzene rings is 1. The molecular formula is C19H24BF4N3O5. The smallest absolute Gasteiger partial charge is 0.497 e. The molecule has 32 heavy (non-hydrogen) atoms. The molecule has 1 unspecified atom stereocenters. The third-order valence-electron chi connectivity index (χ3n) is 4.25. The van der Waals surface area contributed by atoms with Crippen molar-refractivity contribution in [1.82, 2.24) is 4.57 Å². The lowest BCUT2D eigenvalue weighted by Gasteiger charge is -2.27. The molecule has 0 aliphatic carbocycles. The molecule has 1 aliphatic rings. The van der Waals surface area contributed by atoms with Crippen molar-refractivity contribution in [2.45, 2.75) is 25.7 Å². The number of aromatic nitrogens is 2. The van der Waals surface area contributed by atoms with Crippen molar-refractivity contribution in [2.24, 2.45) is 12.2 Å². The Morgan fingerprint density at radius 3 is 2.47 bits per heavy atom. The van der Waals surface area contributed by atoms with Crippen LogP contribution in [0.15, 0.2) is 48.1 Å². The Balaban J connectivity index is 0.000000654. The van der Waals surface area contributed by atoms with Crippen LogP contribution in [0.3, 0.4) is 0 Å². The predicted octanol–water partition coefficient (Wildman–Crippen LogP) is 2.83. The number of hydrogen-bond donors (Lipinski definition) is 0. The van der Waals surface area contributed by atoms with Gasteiger partial charge in [-0.15, -0.1) is 0 Å². The lowest BCUT2D eigenvalue weighted by atomic mass is 10.00. The number of nitrogens with zero attached hydrogens (tertiary/aromatic N) is 3. The fourth-order valence-corrected chi connectivity index (χ4v) is 2.85. The van der Waals surface area contributed by atoms with E-state index in [0.29, 0.717) is 13.2 Å². The highest BCUT2D eigenvalue weighted by molar-refractivity contribution is 6.50. The summed E-state index contributed by atoms with van der Waals surface area (Å²) < 4.78 is 59.3. The van der Waals surface area contributed by atoms with Crippen LogP contribution in [0.25, 0.3) is 0 Å². The minimum atomic E-state index is -6.00. The zero-order chi connectivity index (χ0) is 23.8. The van der Waals surface area contributed by atoms with Crippen LogP contribution in [0.1, 0.15) is 18.9 Å². The highest BCUT2D eigenvalue weighted by Gasteiger charge is 2.45. The van der Waals surface area contributed by atoms with Crippen LogP contribution >= 0.6 is 0 Å². The van der Waals surface area contributed by atoms with Gasteiger partial charge in [-0.2, -0.15) is 0 Å². The van der Waals surface area contributed by atoms with Gasteiger partial charge in [0.15, 0.2) is 5.71 Å². The number of carbonyl (C=O) groups excluding carboxylic acids is 1. The molecule has 0 N–H and O–H groups in total. The Morgan fingerprint density at radius 1 is 1.28 bits per heavy atom. The van der Waals surface area contributed by atoms with E-state index in [4.69, 9.17) is 19.0 Å². The van der Waals surface area contributed by atoms with Crippen molar-refractivity contribution >= 4 is 18.9 Å². The summed E-state index contributed by atoms with van der Waals surface area (Å²) in [6.45, 7) is 3.04. The molecule has 3 rings (SSSR count). The number of ether oxygens (including phenoxy) is 3. The van der Waals surface area contributed by atoms with Crippen LogP contribution in [-0.2, 0) is 38.5 Å². The van der Waals surface area contributed by atoms with Gasteiger partial charge in [-0.25, -0.2) is 13.9 Å². The number of carbonyl (C=O) groups is 1. The Hall–Kier alpha value is -3.09. The van der Waals surface area contributed by atoms with Crippen LogP contribution < -0.4 is 9.30 Å². The first kappa shape index (κ1) is 25.2. The lowest BCUT2D eigenvalue weighted by Crippen LogP contribution is -2.33. The van der Waals surface area contributed by atoms with Crippen LogP contribution in [-0.4, -0.2) is 43.8 Å². The average molecular weight is 461 g/mol. The molecule has 176 valence electrons. The number of oxime groups is 1. The van der Waals surface area contributed by atoms with E-state index in [9.17, 15) is 22.1 Å². The third kappa shape index (κ3) is 7.55. The molecular weight excluding hydrogens is 437 g/mol. The van der Waals surface area contributed by atoms with Gasteiger partial charge >= 0.3 is 13.2 Å². The largest absolute Gasteiger partial charge is 0.673 e. The number of imidazole rings is 1. The van der Waals surface area contributed by atoms with Crippen molar-refractivity contribution in [1.29, 1.82) is 0 Å². The highest BCUT2D eigenvalue weighted by atomic mass is 19.5. The Morgan fingerprint density at radius 2 is 1.94 bits per heavy atom. The SMILES string of the molecule is CCOC(=O)C1=NOC(OCCn2cc[n+](C)c2)(c2ccc(OC)cc2)C1.F[B-](F)(F)F. The molecule has 0 bridgehead atoms. The van der Waals surface area contributed by atoms with Gasteiger partial charge < -0.3 is 36.3 Å². The molecule has 0 radical (unpaired) electrons. The molecule has 1 aromatic carbocycles. The fourth-order valence-electron chi connectivity index (χ4n) is 2.85. The third-order valence-corrected chi connectivity index (χ3v) is 4.25. The van der Waals surface area contributed by atoms with Crippen LogP contribution in [0.5, 0.6) is 5.75 Å². The van der Waals surface area contributed by atoms with Crippen molar-refractivity contribution in [2.75, 3.05) is 20.3 Å². The van der Waals surface area contributed by atoms with Crippen LogP contribution in [0.4, 0.5) is 17.3 Å². The minimum Gasteiger partial charge on any atom is -0.497 e. The van der Waals surface area contributed by atoms with Crippen LogP contribution in [0.2, 0.25) is 0 Å². The van der Waals surface area contributed by atoms with Gasteiger partial charge in [0.05, 0.1) is 33.8 Å². The first-order valence-corrected chi connectivity index (χ1v) is 9.65. The van der Waals surface area contributed by atoms with Gasteiger partial charge in [-0.05, 0) is 31.2 Å². The van der Waals surface area contributed by atoms with E-state index in [1.54, 1.807) is 14.0 Å². The molecule has 1 aliphatic heterocycles. The van der Waals surface area contributed by atoms with E-state index in [-0.39, 0.29) is 18.7 Å². The van der Waals surface area contributed by atoms with Gasteiger partial charge in [-0.3, -0.25) is 0 Å². The molecule has 0 fully saturated rings. The average Bonchev–Trinajstić information content (AvgIpc) is 3.34. The summed E-state index contributed by atoms with van der Waals surface area (Å²) in [6.07, 6.45) is 6.05. The Labute approximate surface area is 182 Å². The number of methoxy groups -OCH3 is 1. The number of rotatable bonds is 8. The minimum absolute atomic E-state index is 0.178. The molecule has 8 nitrogen and oxygen atoms in total. The number of halogens is 4. The van der Waals surface area contributed by atoms with E-state index in [1.807, 2.05) is 59.2 Å². The topological polar surface area (TPSA) is 75.2 Å². The standard InChI is InChI=1S/C19H24N3O5.BF4/c1-4-25-18(23)17-13-19(27-20-17,15-5-7-16(24-3)8-6-15)26-12-11-22-10-9-21(2)14-22;2-1(3,4)5/h5-10,14H,4,11-13H2,1-3H3;/q+1;-1. The summed E-state index contributed by atoms with van der Waals surface area (Å²) in [4.78, 5) is 17.7. The Kier molecular flexibility index (Phi) is 8.64. The summed E-state index contributed by atoms with van der Waals surface area (Å²) in [6, 6.07) is 7.33. The van der Waals surface area contributed by atoms with E-state index < -0.39 is 19.0 Å². The molecule has 2 heterocycles. The van der Waals surface area contributed by atoms with Crippen molar-refractivity contribution in [3.05, 3.63) is 48.5 Å². The fraction of sp³-hybridized carbons (Fsp3) is 0.421. The summed E-state index contributed by atoms with van der Waals surface area (Å²) in [5.74, 6) is -0.934. The van der Waals surface area contributed by atoms with Crippen molar-refractivity contribution in [3.8, 4) is 5.75 Å². The van der Waals surface area contributed by atoms with Gasteiger partial charge in [0.2, 0.25) is 6.33 Å². The molecule has 0 spiro atoms. The van der Waals surface area contributed by atoms with Crippen molar-refractivity contribution < 1.29 is 45.7 Å². The zero-order valence-corrected chi connectivity index (χ0v) is 17.8. The molecule has 13 heteroatoms. The maximum atomic E-state index is 12.0. The number of aryl methyl sites for hydroxylation is 1. The summed E-state index contributed by atoms with van der Waals surface area (Å²) >= 11 is 0. The second kappa shape index (κ2) is 11.0. The van der Waals surface area contributed by atoms with Gasteiger partial charge in [0, 0.05) is 5.56 Å². The van der Waals surface area contributed by atoms with Gasteiger partial charge in [-0.1, -0.05) is 5.16 Å². The molecule has 0 saturated heterocycles. The maximum Gasteiger partial charge on any atom is 0.673 e. The normalized spacial score (nSPS) is 17.7. The quantitative estimate of drug-likeness (QED) is 0.262. The van der Waals surface area contributed by atoms with E-state index in [0.717, 1.165) is 11.3 Å². The molecule has 1 aromatic heterocycles. The van der Waals surface area contributed by atoms with E-state index in [1.165, 1.54) is 0 Å². The zero-order valence-electron chi connectivity index (χ0n) is 17.8. The second-order valence-electron chi connectivity index (χ2n) is 6.67. The number of esters is 1. The first-order valence-electron chi connectivity index (χ1n) is 9.65. The lowest BCUT2D eigenvalue weighted by molar-refractivity contribution is -0.671. The van der Waals surface area contributed by atoms with Crippen molar-refractivity contribution in [3.63, 3.8) is 0 Å². The molecule has 1 atom stereocenters. The van der Waals surface area contributed by atoms with E-state index >= 15 is 0 Å². The van der Waals surface area contributed by atoms with E-state index in [2.05, 4.69) is 5.16 Å². The molecule has 2 aromatic rings. The van der Waals surface area contributed by atoms with Gasteiger partial charge in [0.1, 0.15) is 24.7 Å². The first-order chi connectivity index (χ1) is 15.1. The van der Waals surface area contributed by atoms with Gasteiger partial charge in [0.25, 0.3) is 5.79 Å². The highest BCUT2D eigenvalue weighted by Crippen LogP contribution is 2.37. The summed E-state index contributed by atoms with van der Waals surface area (Å²) in [7, 11) is -2.44. The summed E-state index contributed by atoms with van der Waals surface area (Å²) in [5, 5.41) is 3.93. The Bertz CT molecular complexity index is 914. The monoisotopic (exact) mass is 461 g/mol. The maximum absolute atomic E-state index is 12.0. The second-order valence-corrected chi connectivity index (χ2v) is 6.67. The predicted molar refractivity (Wildman–Crippen MR) is 106 cm³/mol. The number of hydrogen-bond acceptors (Lipinski definition) is 6. The summed E-state index contributed by atoms with van der Waals surface area (Å²) in [5.41, 5.74) is 0.962. The van der Waals surface area contributed by atoms with Crippen LogP contribution in [0, 0.1) is 0 Å².